The van der Waals surface area contributed by atoms with Gasteiger partial charge in [-0.05, 0) is 60.2 Å². The number of thioether (sulfide) groups is 1. The number of benzene rings is 4. The number of methoxy groups -OCH3 is 2. The largest absolute Gasteiger partial charge is 0.493 e. The number of para-hydroxylation sites is 1. The summed E-state index contributed by atoms with van der Waals surface area (Å²) in [4.78, 5) is 23.4. The van der Waals surface area contributed by atoms with Gasteiger partial charge in [-0.15, -0.1) is 10.2 Å². The number of nitro groups is 1. The number of aromatic nitrogens is 3. The molecule has 5 aromatic rings. The fourth-order valence-corrected chi connectivity index (χ4v) is 5.16. The highest BCUT2D eigenvalue weighted by Gasteiger charge is 2.19. The molecule has 4 aromatic carbocycles. The Bertz CT molecular complexity index is 1870. The number of anilines is 1. The van der Waals surface area contributed by atoms with E-state index in [-0.39, 0.29) is 22.7 Å². The SMILES string of the molecule is COc1ccc(Cc2nnc(SCC(=O)Nc3ccc([N+](=O)[O-])cc3C#N)n2-c2ccc(Oc3ccccc3)cc2)cc1OC. The minimum Gasteiger partial charge on any atom is -0.493 e. The second-order valence-electron chi connectivity index (χ2n) is 9.44. The van der Waals surface area contributed by atoms with Gasteiger partial charge < -0.3 is 19.5 Å². The van der Waals surface area contributed by atoms with Crippen molar-refractivity contribution in [2.75, 3.05) is 25.3 Å². The third kappa shape index (κ3) is 7.38. The van der Waals surface area contributed by atoms with E-state index in [9.17, 15) is 20.2 Å². The van der Waals surface area contributed by atoms with Crippen LogP contribution in [0.4, 0.5) is 11.4 Å². The number of non-ortho nitro benzene ring substituents is 1. The number of carbonyl (C=O) groups excluding carboxylic acids is 1. The third-order valence-electron chi connectivity index (χ3n) is 6.53. The summed E-state index contributed by atoms with van der Waals surface area (Å²) in [5, 5.41) is 32.4. The number of hydrogen-bond donors (Lipinski definition) is 1. The Kier molecular flexibility index (Phi) is 9.56. The molecule has 0 saturated heterocycles. The summed E-state index contributed by atoms with van der Waals surface area (Å²) in [6.07, 6.45) is 0.400. The van der Waals surface area contributed by atoms with Crippen molar-refractivity contribution in [1.29, 1.82) is 5.26 Å². The first kappa shape index (κ1) is 30.6. The summed E-state index contributed by atoms with van der Waals surface area (Å²) in [5.41, 5.74) is 1.58. The number of nitrogens with one attached hydrogen (secondary N) is 1. The van der Waals surface area contributed by atoms with Crippen LogP contribution in [0, 0.1) is 21.4 Å². The molecule has 0 aliphatic rings. The van der Waals surface area contributed by atoms with Gasteiger partial charge in [-0.1, -0.05) is 36.0 Å². The predicted molar refractivity (Wildman–Crippen MR) is 167 cm³/mol. The molecule has 1 heterocycles. The summed E-state index contributed by atoms with van der Waals surface area (Å²) in [5.74, 6) is 2.66. The average Bonchev–Trinajstić information content (AvgIpc) is 3.46. The summed E-state index contributed by atoms with van der Waals surface area (Å²) in [6, 6.07) is 28.0. The Hall–Kier alpha value is -5.87. The molecule has 0 radical (unpaired) electrons. The van der Waals surface area contributed by atoms with Crippen LogP contribution in [0.5, 0.6) is 23.0 Å². The zero-order valence-electron chi connectivity index (χ0n) is 24.2. The molecular weight excluding hydrogens is 596 g/mol. The van der Waals surface area contributed by atoms with Gasteiger partial charge in [-0.3, -0.25) is 19.5 Å². The Morgan fingerprint density at radius 2 is 1.69 bits per heavy atom. The van der Waals surface area contributed by atoms with E-state index in [1.165, 1.54) is 12.1 Å². The number of ether oxygens (including phenoxy) is 3. The fraction of sp³-hybridized carbons (Fsp3) is 0.125. The van der Waals surface area contributed by atoms with Crippen molar-refractivity contribution in [2.24, 2.45) is 0 Å². The fourth-order valence-electron chi connectivity index (χ4n) is 4.39. The summed E-state index contributed by atoms with van der Waals surface area (Å²) < 4.78 is 18.6. The molecule has 0 aliphatic heterocycles. The van der Waals surface area contributed by atoms with E-state index in [2.05, 4.69) is 15.5 Å². The van der Waals surface area contributed by atoms with Gasteiger partial charge in [0.25, 0.3) is 5.69 Å². The van der Waals surface area contributed by atoms with E-state index in [0.29, 0.717) is 40.4 Å². The molecule has 0 saturated carbocycles. The molecule has 45 heavy (non-hydrogen) atoms. The van der Waals surface area contributed by atoms with E-state index in [1.807, 2.05) is 83.4 Å². The lowest BCUT2D eigenvalue weighted by Crippen LogP contribution is -2.15. The molecule has 0 atom stereocenters. The molecule has 13 heteroatoms. The van der Waals surface area contributed by atoms with Crippen LogP contribution < -0.4 is 19.5 Å². The van der Waals surface area contributed by atoms with Crippen LogP contribution in [-0.2, 0) is 11.2 Å². The molecule has 12 nitrogen and oxygen atoms in total. The monoisotopic (exact) mass is 622 g/mol. The van der Waals surface area contributed by atoms with Gasteiger partial charge in [0.1, 0.15) is 23.4 Å². The molecule has 1 N–H and O–H groups in total. The van der Waals surface area contributed by atoms with Crippen molar-refractivity contribution in [3.05, 3.63) is 118 Å². The Balaban J connectivity index is 1.40. The predicted octanol–water partition coefficient (Wildman–Crippen LogP) is 6.18. The quantitative estimate of drug-likeness (QED) is 0.0969. The van der Waals surface area contributed by atoms with Crippen LogP contribution in [-0.4, -0.2) is 45.6 Å². The minimum absolute atomic E-state index is 0.0132. The first-order valence-electron chi connectivity index (χ1n) is 13.5. The molecule has 1 amide bonds. The number of nitro benzene ring substituents is 1. The Labute approximate surface area is 262 Å². The van der Waals surface area contributed by atoms with Crippen LogP contribution in [0.15, 0.2) is 96.2 Å². The van der Waals surface area contributed by atoms with E-state index < -0.39 is 10.8 Å². The molecule has 1 aromatic heterocycles. The lowest BCUT2D eigenvalue weighted by Gasteiger charge is -2.13. The van der Waals surface area contributed by atoms with Crippen LogP contribution in [0.25, 0.3) is 5.69 Å². The topological polar surface area (TPSA) is 154 Å². The summed E-state index contributed by atoms with van der Waals surface area (Å²) >= 11 is 1.15. The Morgan fingerprint density at radius 1 is 0.956 bits per heavy atom. The van der Waals surface area contributed by atoms with Crippen molar-refractivity contribution in [3.8, 4) is 34.8 Å². The van der Waals surface area contributed by atoms with Crippen molar-refractivity contribution < 1.29 is 23.9 Å². The lowest BCUT2D eigenvalue weighted by atomic mass is 10.1. The standard InChI is InChI=1S/C32H26N6O6S/c1-42-28-15-8-21(16-29(28)43-2)17-30-35-36-32(37(30)23-9-12-26(13-10-23)44-25-6-4-3-5-7-25)45-20-31(39)34-27-14-11-24(38(40)41)18-22(27)19-33/h3-16,18H,17,20H2,1-2H3,(H,34,39). The lowest BCUT2D eigenvalue weighted by molar-refractivity contribution is -0.384. The van der Waals surface area contributed by atoms with Crippen LogP contribution >= 0.6 is 11.8 Å². The second-order valence-corrected chi connectivity index (χ2v) is 10.4. The molecule has 0 fully saturated rings. The summed E-state index contributed by atoms with van der Waals surface area (Å²) in [7, 11) is 3.14. The summed E-state index contributed by atoms with van der Waals surface area (Å²) in [6.45, 7) is 0. The van der Waals surface area contributed by atoms with Gasteiger partial charge in [0.2, 0.25) is 5.91 Å². The van der Waals surface area contributed by atoms with Crippen molar-refractivity contribution >= 4 is 29.0 Å². The molecular formula is C32H26N6O6S. The molecule has 0 bridgehead atoms. The highest BCUT2D eigenvalue weighted by Crippen LogP contribution is 2.31. The molecule has 0 spiro atoms. The zero-order valence-corrected chi connectivity index (χ0v) is 25.0. The molecule has 0 unspecified atom stereocenters. The number of nitrogens with zero attached hydrogens (tertiary/aromatic N) is 5. The number of hydrogen-bond acceptors (Lipinski definition) is 10. The zero-order chi connectivity index (χ0) is 31.8. The Morgan fingerprint density at radius 3 is 2.38 bits per heavy atom. The number of nitriles is 1. The number of amides is 1. The number of rotatable bonds is 12. The highest BCUT2D eigenvalue weighted by atomic mass is 32.2. The first-order chi connectivity index (χ1) is 21.9. The van der Waals surface area contributed by atoms with Gasteiger partial charge >= 0.3 is 0 Å². The van der Waals surface area contributed by atoms with E-state index in [0.717, 1.165) is 29.1 Å². The smallest absolute Gasteiger partial charge is 0.270 e. The maximum absolute atomic E-state index is 12.9. The average molecular weight is 623 g/mol. The van der Waals surface area contributed by atoms with Gasteiger partial charge in [0, 0.05) is 24.2 Å². The molecule has 0 aliphatic carbocycles. The van der Waals surface area contributed by atoms with E-state index in [4.69, 9.17) is 14.2 Å². The first-order valence-corrected chi connectivity index (χ1v) is 14.5. The highest BCUT2D eigenvalue weighted by molar-refractivity contribution is 7.99. The van der Waals surface area contributed by atoms with Gasteiger partial charge in [0.15, 0.2) is 16.7 Å². The normalized spacial score (nSPS) is 10.5. The maximum Gasteiger partial charge on any atom is 0.270 e. The second kappa shape index (κ2) is 14.1. The molecule has 226 valence electrons. The van der Waals surface area contributed by atoms with Crippen LogP contribution in [0.3, 0.4) is 0 Å². The minimum atomic E-state index is -0.602. The molecule has 5 rings (SSSR count). The van der Waals surface area contributed by atoms with E-state index in [1.54, 1.807) is 14.2 Å². The number of carbonyl (C=O) groups is 1. The van der Waals surface area contributed by atoms with Crippen LogP contribution in [0.2, 0.25) is 0 Å². The van der Waals surface area contributed by atoms with Gasteiger partial charge in [-0.25, -0.2) is 0 Å². The van der Waals surface area contributed by atoms with Crippen LogP contribution in [0.1, 0.15) is 17.0 Å². The van der Waals surface area contributed by atoms with Gasteiger partial charge in [-0.2, -0.15) is 5.26 Å². The van der Waals surface area contributed by atoms with Gasteiger partial charge in [0.05, 0.1) is 36.1 Å². The van der Waals surface area contributed by atoms with Crippen molar-refractivity contribution in [2.45, 2.75) is 11.6 Å². The van der Waals surface area contributed by atoms with Crippen molar-refractivity contribution in [1.82, 2.24) is 14.8 Å². The third-order valence-corrected chi connectivity index (χ3v) is 7.45. The maximum atomic E-state index is 12.9. The van der Waals surface area contributed by atoms with Crippen molar-refractivity contribution in [3.63, 3.8) is 0 Å². The van der Waals surface area contributed by atoms with E-state index >= 15 is 0 Å².